The van der Waals surface area contributed by atoms with E-state index in [1.807, 2.05) is 0 Å². The minimum atomic E-state index is -0.761. The fraction of sp³-hybridized carbons (Fsp3) is 0.939. The predicted molar refractivity (Wildman–Crippen MR) is 233 cm³/mol. The van der Waals surface area contributed by atoms with E-state index in [4.69, 9.17) is 14.2 Å². The average molecular weight is 779 g/mol. The Hall–Kier alpha value is -1.59. The Bertz CT molecular complexity index is 841. The van der Waals surface area contributed by atoms with Gasteiger partial charge in [-0.25, -0.2) is 0 Å². The number of hydrogen-bond donors (Lipinski definition) is 0. The molecule has 2 atom stereocenters. The van der Waals surface area contributed by atoms with Crippen LogP contribution < -0.4 is 0 Å². The summed E-state index contributed by atoms with van der Waals surface area (Å²) in [4.78, 5) is 37.8. The van der Waals surface area contributed by atoms with Crippen LogP contribution in [0.3, 0.4) is 0 Å². The maximum absolute atomic E-state index is 12.7. The molecule has 0 saturated carbocycles. The lowest BCUT2D eigenvalue weighted by molar-refractivity contribution is -0.167. The summed E-state index contributed by atoms with van der Waals surface area (Å²) < 4.78 is 16.7. The summed E-state index contributed by atoms with van der Waals surface area (Å²) in [5.41, 5.74) is 0. The standard InChI is InChI=1S/C49H94O6/c1-6-8-9-10-11-12-13-14-15-16-17-18-19-24-31-36-41-49(52)55-46(43-54-48(51)40-35-30-26-25-27-32-37-44(3)4)42-53-47(50)39-34-29-23-21-20-22-28-33-38-45(5)7-2/h44-46H,6-43H2,1-5H3/t45?,46-/m1/s1. The quantitative estimate of drug-likeness (QED) is 0.0348. The Labute approximate surface area is 342 Å². The third kappa shape index (κ3) is 41.9. The SMILES string of the molecule is CCCCCCCCCCCCCCCCCCC(=O)O[C@H](COC(=O)CCCCCCCCCCC(C)CC)COC(=O)CCCCCCCCC(C)C. The minimum Gasteiger partial charge on any atom is -0.462 e. The lowest BCUT2D eigenvalue weighted by Gasteiger charge is -2.18. The number of carbonyl (C=O) groups is 3. The van der Waals surface area contributed by atoms with Crippen LogP contribution in [0.25, 0.3) is 0 Å². The molecule has 0 N–H and O–H groups in total. The van der Waals surface area contributed by atoms with Gasteiger partial charge in [-0.1, -0.05) is 227 Å². The smallest absolute Gasteiger partial charge is 0.306 e. The molecule has 0 aromatic carbocycles. The lowest BCUT2D eigenvalue weighted by Crippen LogP contribution is -2.30. The van der Waals surface area contributed by atoms with E-state index in [9.17, 15) is 14.4 Å². The van der Waals surface area contributed by atoms with Gasteiger partial charge >= 0.3 is 17.9 Å². The number of hydrogen-bond acceptors (Lipinski definition) is 6. The van der Waals surface area contributed by atoms with E-state index in [1.54, 1.807) is 0 Å². The number of esters is 3. The second-order valence-corrected chi connectivity index (χ2v) is 17.5. The molecule has 0 saturated heterocycles. The van der Waals surface area contributed by atoms with Gasteiger partial charge < -0.3 is 14.2 Å². The largest absolute Gasteiger partial charge is 0.462 e. The molecule has 0 fully saturated rings. The first-order valence-electron chi connectivity index (χ1n) is 24.3. The van der Waals surface area contributed by atoms with Crippen LogP contribution in [0.4, 0.5) is 0 Å². The van der Waals surface area contributed by atoms with E-state index in [1.165, 1.54) is 154 Å². The van der Waals surface area contributed by atoms with Gasteiger partial charge in [0.2, 0.25) is 0 Å². The molecule has 0 spiro atoms. The molecule has 0 aromatic rings. The Balaban J connectivity index is 4.30. The van der Waals surface area contributed by atoms with Crippen LogP contribution in [0.2, 0.25) is 0 Å². The van der Waals surface area contributed by atoms with Crippen LogP contribution in [-0.4, -0.2) is 37.2 Å². The number of rotatable bonds is 43. The first kappa shape index (κ1) is 53.4. The summed E-state index contributed by atoms with van der Waals surface area (Å²) in [5, 5.41) is 0. The van der Waals surface area contributed by atoms with Crippen molar-refractivity contribution >= 4 is 17.9 Å². The van der Waals surface area contributed by atoms with Crippen molar-refractivity contribution in [3.63, 3.8) is 0 Å². The zero-order valence-electron chi connectivity index (χ0n) is 37.6. The zero-order valence-corrected chi connectivity index (χ0v) is 37.6. The zero-order chi connectivity index (χ0) is 40.5. The van der Waals surface area contributed by atoms with E-state index in [0.717, 1.165) is 69.6 Å². The highest BCUT2D eigenvalue weighted by Crippen LogP contribution is 2.17. The minimum absolute atomic E-state index is 0.0656. The maximum Gasteiger partial charge on any atom is 0.306 e. The van der Waals surface area contributed by atoms with Gasteiger partial charge in [-0.2, -0.15) is 0 Å². The second kappa shape index (κ2) is 42.0. The molecule has 0 aromatic heterocycles. The predicted octanol–water partition coefficient (Wildman–Crippen LogP) is 15.4. The monoisotopic (exact) mass is 779 g/mol. The van der Waals surface area contributed by atoms with Crippen molar-refractivity contribution in [1.82, 2.24) is 0 Å². The van der Waals surface area contributed by atoms with Gasteiger partial charge in [0.1, 0.15) is 13.2 Å². The normalized spacial score (nSPS) is 12.5. The van der Waals surface area contributed by atoms with Gasteiger partial charge in [-0.15, -0.1) is 0 Å². The summed E-state index contributed by atoms with van der Waals surface area (Å²) in [6, 6.07) is 0. The fourth-order valence-corrected chi connectivity index (χ4v) is 7.25. The molecular formula is C49H94O6. The highest BCUT2D eigenvalue weighted by molar-refractivity contribution is 5.71. The third-order valence-electron chi connectivity index (χ3n) is 11.3. The van der Waals surface area contributed by atoms with Gasteiger partial charge in [0, 0.05) is 19.3 Å². The highest BCUT2D eigenvalue weighted by atomic mass is 16.6. The van der Waals surface area contributed by atoms with Crippen molar-refractivity contribution in [2.75, 3.05) is 13.2 Å². The van der Waals surface area contributed by atoms with E-state index in [2.05, 4.69) is 34.6 Å². The van der Waals surface area contributed by atoms with Gasteiger partial charge in [-0.05, 0) is 31.1 Å². The van der Waals surface area contributed by atoms with Crippen molar-refractivity contribution in [2.45, 2.75) is 272 Å². The van der Waals surface area contributed by atoms with Crippen molar-refractivity contribution in [3.8, 4) is 0 Å². The Morgan fingerprint density at radius 1 is 0.382 bits per heavy atom. The molecule has 0 aliphatic rings. The first-order chi connectivity index (χ1) is 26.8. The molecule has 6 nitrogen and oxygen atoms in total. The van der Waals surface area contributed by atoms with E-state index in [0.29, 0.717) is 19.3 Å². The summed E-state index contributed by atoms with van der Waals surface area (Å²) in [7, 11) is 0. The summed E-state index contributed by atoms with van der Waals surface area (Å²) >= 11 is 0. The molecule has 326 valence electrons. The van der Waals surface area contributed by atoms with E-state index >= 15 is 0 Å². The highest BCUT2D eigenvalue weighted by Gasteiger charge is 2.19. The molecule has 0 radical (unpaired) electrons. The van der Waals surface area contributed by atoms with Gasteiger partial charge in [-0.3, -0.25) is 14.4 Å². The molecule has 0 aliphatic heterocycles. The van der Waals surface area contributed by atoms with Crippen LogP contribution in [0.5, 0.6) is 0 Å². The molecule has 0 rings (SSSR count). The van der Waals surface area contributed by atoms with Crippen LogP contribution >= 0.6 is 0 Å². The molecule has 1 unspecified atom stereocenters. The average Bonchev–Trinajstić information content (AvgIpc) is 3.17. The topological polar surface area (TPSA) is 78.9 Å². The summed E-state index contributed by atoms with van der Waals surface area (Å²) in [6.07, 6.45) is 41.0. The van der Waals surface area contributed by atoms with Crippen LogP contribution in [0.15, 0.2) is 0 Å². The van der Waals surface area contributed by atoms with Gasteiger partial charge in [0.25, 0.3) is 0 Å². The second-order valence-electron chi connectivity index (χ2n) is 17.5. The first-order valence-corrected chi connectivity index (χ1v) is 24.3. The van der Waals surface area contributed by atoms with Crippen LogP contribution in [-0.2, 0) is 28.6 Å². The summed E-state index contributed by atoms with van der Waals surface area (Å²) in [6.45, 7) is 11.3. The molecule has 0 heterocycles. The van der Waals surface area contributed by atoms with Crippen molar-refractivity contribution in [2.24, 2.45) is 11.8 Å². The molecule has 0 aliphatic carbocycles. The van der Waals surface area contributed by atoms with Crippen molar-refractivity contribution in [1.29, 1.82) is 0 Å². The Morgan fingerprint density at radius 2 is 0.691 bits per heavy atom. The molecule has 55 heavy (non-hydrogen) atoms. The number of unbranched alkanes of at least 4 members (excludes halogenated alkanes) is 27. The third-order valence-corrected chi connectivity index (χ3v) is 11.3. The van der Waals surface area contributed by atoms with Crippen molar-refractivity contribution < 1.29 is 28.6 Å². The maximum atomic E-state index is 12.7. The Kier molecular flexibility index (Phi) is 40.8. The number of carbonyl (C=O) groups excluding carboxylic acids is 3. The molecule has 0 bridgehead atoms. The fourth-order valence-electron chi connectivity index (χ4n) is 7.25. The number of ether oxygens (including phenoxy) is 3. The van der Waals surface area contributed by atoms with Crippen molar-refractivity contribution in [3.05, 3.63) is 0 Å². The summed E-state index contributed by atoms with van der Waals surface area (Å²) in [5.74, 6) is 0.752. The molecule has 0 amide bonds. The molecular weight excluding hydrogens is 685 g/mol. The lowest BCUT2D eigenvalue weighted by atomic mass is 9.99. The van der Waals surface area contributed by atoms with E-state index < -0.39 is 6.10 Å². The van der Waals surface area contributed by atoms with Crippen LogP contribution in [0.1, 0.15) is 266 Å². The van der Waals surface area contributed by atoms with E-state index in [-0.39, 0.29) is 31.1 Å². The van der Waals surface area contributed by atoms with Gasteiger partial charge in [0.05, 0.1) is 0 Å². The van der Waals surface area contributed by atoms with Gasteiger partial charge in [0.15, 0.2) is 6.10 Å². The molecule has 6 heteroatoms. The van der Waals surface area contributed by atoms with Crippen LogP contribution in [0, 0.1) is 11.8 Å². The Morgan fingerprint density at radius 3 is 1.04 bits per heavy atom.